The van der Waals surface area contributed by atoms with Crippen molar-refractivity contribution < 1.29 is 4.74 Å². The van der Waals surface area contributed by atoms with Gasteiger partial charge < -0.3 is 4.74 Å². The highest BCUT2D eigenvalue weighted by molar-refractivity contribution is 9.10. The number of aryl methyl sites for hydroxylation is 1. The minimum atomic E-state index is 0.902. The van der Waals surface area contributed by atoms with Gasteiger partial charge in [0, 0.05) is 4.47 Å². The molecule has 0 spiro atoms. The first kappa shape index (κ1) is 9.53. The van der Waals surface area contributed by atoms with Crippen LogP contribution in [-0.4, -0.2) is 7.11 Å². The lowest BCUT2D eigenvalue weighted by atomic mass is 10.1. The monoisotopic (exact) mass is 250 g/mol. The first-order chi connectivity index (χ1) is 6.72. The Morgan fingerprint density at radius 1 is 1.14 bits per heavy atom. The highest BCUT2D eigenvalue weighted by atomic mass is 79.9. The van der Waals surface area contributed by atoms with Crippen molar-refractivity contribution in [2.75, 3.05) is 7.11 Å². The van der Waals surface area contributed by atoms with Gasteiger partial charge in [0.15, 0.2) is 0 Å². The third-order valence-electron chi connectivity index (χ3n) is 2.43. The smallest absolute Gasteiger partial charge is 0.119 e. The van der Waals surface area contributed by atoms with Gasteiger partial charge in [-0.25, -0.2) is 0 Å². The third-order valence-corrected chi connectivity index (χ3v) is 3.29. The molecule has 0 unspecified atom stereocenters. The van der Waals surface area contributed by atoms with Crippen molar-refractivity contribution in [1.82, 2.24) is 0 Å². The zero-order valence-electron chi connectivity index (χ0n) is 8.17. The van der Waals surface area contributed by atoms with Gasteiger partial charge in [-0.1, -0.05) is 28.1 Å². The Morgan fingerprint density at radius 3 is 2.64 bits per heavy atom. The van der Waals surface area contributed by atoms with Crippen LogP contribution in [0.15, 0.2) is 34.8 Å². The quantitative estimate of drug-likeness (QED) is 0.746. The molecule has 0 radical (unpaired) electrons. The molecule has 0 heterocycles. The van der Waals surface area contributed by atoms with E-state index in [1.54, 1.807) is 7.11 Å². The highest BCUT2D eigenvalue weighted by Gasteiger charge is 2.01. The van der Waals surface area contributed by atoms with Gasteiger partial charge in [0.05, 0.1) is 7.11 Å². The minimum Gasteiger partial charge on any atom is -0.497 e. The number of fused-ring (bicyclic) bond motifs is 1. The second-order valence-electron chi connectivity index (χ2n) is 3.26. The van der Waals surface area contributed by atoms with Crippen molar-refractivity contribution in [3.05, 3.63) is 40.4 Å². The van der Waals surface area contributed by atoms with E-state index in [4.69, 9.17) is 4.74 Å². The maximum Gasteiger partial charge on any atom is 0.119 e. The second-order valence-corrected chi connectivity index (χ2v) is 4.11. The molecule has 0 amide bonds. The lowest BCUT2D eigenvalue weighted by molar-refractivity contribution is 0.415. The topological polar surface area (TPSA) is 9.23 Å². The summed E-state index contributed by atoms with van der Waals surface area (Å²) < 4.78 is 6.33. The first-order valence-corrected chi connectivity index (χ1v) is 5.24. The van der Waals surface area contributed by atoms with E-state index in [0.717, 1.165) is 10.2 Å². The summed E-state index contributed by atoms with van der Waals surface area (Å²) in [6, 6.07) is 10.3. The van der Waals surface area contributed by atoms with Crippen molar-refractivity contribution >= 4 is 26.7 Å². The van der Waals surface area contributed by atoms with E-state index >= 15 is 0 Å². The van der Waals surface area contributed by atoms with Crippen molar-refractivity contribution in [1.29, 1.82) is 0 Å². The van der Waals surface area contributed by atoms with Gasteiger partial charge in [-0.2, -0.15) is 0 Å². The second kappa shape index (κ2) is 3.62. The lowest BCUT2D eigenvalue weighted by Gasteiger charge is -2.06. The maximum absolute atomic E-state index is 5.18. The van der Waals surface area contributed by atoms with Gasteiger partial charge in [-0.05, 0) is 41.5 Å². The summed E-state index contributed by atoms with van der Waals surface area (Å²) in [6.07, 6.45) is 0. The number of halogens is 1. The van der Waals surface area contributed by atoms with Gasteiger partial charge >= 0.3 is 0 Å². The molecule has 0 aliphatic heterocycles. The summed E-state index contributed by atoms with van der Waals surface area (Å²) in [5.74, 6) is 0.902. The van der Waals surface area contributed by atoms with Gasteiger partial charge in [-0.3, -0.25) is 0 Å². The predicted molar refractivity (Wildman–Crippen MR) is 62.9 cm³/mol. The average Bonchev–Trinajstić information content (AvgIpc) is 2.23. The summed E-state index contributed by atoms with van der Waals surface area (Å²) in [7, 11) is 1.69. The molecular weight excluding hydrogens is 240 g/mol. The summed E-state index contributed by atoms with van der Waals surface area (Å²) in [4.78, 5) is 0. The van der Waals surface area contributed by atoms with E-state index in [0.29, 0.717) is 0 Å². The summed E-state index contributed by atoms with van der Waals surface area (Å²) in [5.41, 5.74) is 1.27. The van der Waals surface area contributed by atoms with Crippen LogP contribution in [0.3, 0.4) is 0 Å². The molecule has 2 rings (SSSR count). The van der Waals surface area contributed by atoms with E-state index in [1.165, 1.54) is 16.3 Å². The predicted octanol–water partition coefficient (Wildman–Crippen LogP) is 3.92. The number of methoxy groups -OCH3 is 1. The Morgan fingerprint density at radius 2 is 1.93 bits per heavy atom. The standard InChI is InChI=1S/C12H11BrO/c1-8-11-5-4-10(14-2)7-9(11)3-6-12(8)13/h3-7H,1-2H3. The van der Waals surface area contributed by atoms with E-state index in [2.05, 4.69) is 47.1 Å². The zero-order chi connectivity index (χ0) is 10.1. The van der Waals surface area contributed by atoms with Crippen molar-refractivity contribution in [2.24, 2.45) is 0 Å². The maximum atomic E-state index is 5.18. The van der Waals surface area contributed by atoms with Crippen LogP contribution in [0.2, 0.25) is 0 Å². The van der Waals surface area contributed by atoms with Crippen molar-refractivity contribution in [2.45, 2.75) is 6.92 Å². The molecule has 0 saturated heterocycles. The van der Waals surface area contributed by atoms with Crippen LogP contribution in [0, 0.1) is 6.92 Å². The van der Waals surface area contributed by atoms with E-state index in [-0.39, 0.29) is 0 Å². The number of benzene rings is 2. The van der Waals surface area contributed by atoms with Crippen LogP contribution in [-0.2, 0) is 0 Å². The highest BCUT2D eigenvalue weighted by Crippen LogP contribution is 2.28. The van der Waals surface area contributed by atoms with E-state index in [9.17, 15) is 0 Å². The van der Waals surface area contributed by atoms with Crippen LogP contribution in [0.1, 0.15) is 5.56 Å². The molecule has 0 aliphatic rings. The number of hydrogen-bond acceptors (Lipinski definition) is 1. The molecule has 1 nitrogen and oxygen atoms in total. The van der Waals surface area contributed by atoms with Gasteiger partial charge in [0.1, 0.15) is 5.75 Å². The molecule has 0 aliphatic carbocycles. The van der Waals surface area contributed by atoms with Crippen LogP contribution in [0.4, 0.5) is 0 Å². The van der Waals surface area contributed by atoms with Gasteiger partial charge in [0.2, 0.25) is 0 Å². The van der Waals surface area contributed by atoms with Crippen LogP contribution in [0.25, 0.3) is 10.8 Å². The molecule has 0 fully saturated rings. The molecule has 0 bridgehead atoms. The Labute approximate surface area is 91.8 Å². The fourth-order valence-corrected chi connectivity index (χ4v) is 1.91. The molecule has 14 heavy (non-hydrogen) atoms. The first-order valence-electron chi connectivity index (χ1n) is 4.45. The van der Waals surface area contributed by atoms with Crippen LogP contribution in [0.5, 0.6) is 5.75 Å². The molecular formula is C12H11BrO. The number of ether oxygens (including phenoxy) is 1. The molecule has 2 heteroatoms. The number of rotatable bonds is 1. The molecule has 0 N–H and O–H groups in total. The minimum absolute atomic E-state index is 0.902. The molecule has 2 aromatic rings. The Balaban J connectivity index is 2.74. The van der Waals surface area contributed by atoms with Gasteiger partial charge in [-0.15, -0.1) is 0 Å². The third kappa shape index (κ3) is 1.50. The zero-order valence-corrected chi connectivity index (χ0v) is 9.76. The fraction of sp³-hybridized carbons (Fsp3) is 0.167. The van der Waals surface area contributed by atoms with Crippen LogP contribution >= 0.6 is 15.9 Å². The lowest BCUT2D eigenvalue weighted by Crippen LogP contribution is -1.84. The van der Waals surface area contributed by atoms with E-state index < -0.39 is 0 Å². The Hall–Kier alpha value is -1.02. The van der Waals surface area contributed by atoms with E-state index in [1.807, 2.05) is 6.07 Å². The average molecular weight is 251 g/mol. The number of hydrogen-bond donors (Lipinski definition) is 0. The largest absolute Gasteiger partial charge is 0.497 e. The summed E-state index contributed by atoms with van der Waals surface area (Å²) >= 11 is 3.52. The van der Waals surface area contributed by atoms with Crippen molar-refractivity contribution in [3.63, 3.8) is 0 Å². The summed E-state index contributed by atoms with van der Waals surface area (Å²) in [6.45, 7) is 2.11. The summed E-state index contributed by atoms with van der Waals surface area (Å²) in [5, 5.41) is 2.48. The van der Waals surface area contributed by atoms with Crippen LogP contribution < -0.4 is 4.74 Å². The molecule has 0 aromatic heterocycles. The fourth-order valence-electron chi connectivity index (χ4n) is 1.56. The molecule has 72 valence electrons. The SMILES string of the molecule is COc1ccc2c(C)c(Br)ccc2c1. The Kier molecular flexibility index (Phi) is 2.46. The molecule has 0 atom stereocenters. The molecule has 0 saturated carbocycles. The molecule has 2 aromatic carbocycles. The van der Waals surface area contributed by atoms with Crippen molar-refractivity contribution in [3.8, 4) is 5.75 Å². The Bertz CT molecular complexity index is 477. The normalized spacial score (nSPS) is 10.5. The van der Waals surface area contributed by atoms with Gasteiger partial charge in [0.25, 0.3) is 0 Å².